The first-order valence-corrected chi connectivity index (χ1v) is 18.4. The van der Waals surface area contributed by atoms with Crippen LogP contribution in [0.25, 0.3) is 0 Å². The van der Waals surface area contributed by atoms with Crippen LogP contribution in [0.15, 0.2) is 12.7 Å². The molecule has 256 valence electrons. The summed E-state index contributed by atoms with van der Waals surface area (Å²) in [6.45, 7) is 8.04. The molecular weight excluding hydrogens is 584 g/mol. The predicted molar refractivity (Wildman–Crippen MR) is 173 cm³/mol. The molecule has 0 aromatic rings. The maximum Gasteiger partial charge on any atom is 0.280 e. The highest BCUT2D eigenvalue weighted by Crippen LogP contribution is 2.28. The molecule has 5 N–H and O–H groups in total. The fourth-order valence-electron chi connectivity index (χ4n) is 6.16. The number of carbonyl (C=O) groups is 2. The summed E-state index contributed by atoms with van der Waals surface area (Å²) >= 11 is 0. The molecule has 0 radical (unpaired) electrons. The topological polar surface area (TPSA) is 157 Å². The van der Waals surface area contributed by atoms with Crippen molar-refractivity contribution in [3.8, 4) is 0 Å². The number of aliphatic hydroxyl groups is 2. The molecule has 0 bridgehead atoms. The third-order valence-electron chi connectivity index (χ3n) is 8.73. The summed E-state index contributed by atoms with van der Waals surface area (Å²) in [7, 11) is -3.86. The van der Waals surface area contributed by atoms with Gasteiger partial charge in [0.1, 0.15) is 6.04 Å². The molecule has 1 unspecified atom stereocenters. The maximum absolute atomic E-state index is 13.3. The average Bonchev–Trinajstić information content (AvgIpc) is 3.00. The monoisotopic (exact) mass is 644 g/mol. The van der Waals surface area contributed by atoms with Crippen molar-refractivity contribution < 1.29 is 33.0 Å². The van der Waals surface area contributed by atoms with Crippen molar-refractivity contribution in [3.05, 3.63) is 12.7 Å². The van der Waals surface area contributed by atoms with Crippen LogP contribution < -0.4 is 15.4 Å². The van der Waals surface area contributed by atoms with E-state index in [-0.39, 0.29) is 38.6 Å². The van der Waals surface area contributed by atoms with Gasteiger partial charge in [-0.05, 0) is 31.1 Å². The molecule has 2 rings (SSSR count). The molecular formula is C32H60N4O7S. The van der Waals surface area contributed by atoms with E-state index in [9.17, 15) is 28.2 Å². The molecule has 4 atom stereocenters. The smallest absolute Gasteiger partial charge is 0.280 e. The van der Waals surface area contributed by atoms with Gasteiger partial charge in [-0.2, -0.15) is 17.4 Å². The fraction of sp³-hybridized carbons (Fsp3) is 0.875. The van der Waals surface area contributed by atoms with E-state index < -0.39 is 52.9 Å². The van der Waals surface area contributed by atoms with Gasteiger partial charge in [0.05, 0.1) is 38.0 Å². The summed E-state index contributed by atoms with van der Waals surface area (Å²) in [5, 5.41) is 27.1. The van der Waals surface area contributed by atoms with Crippen LogP contribution in [0.3, 0.4) is 0 Å². The Hall–Kier alpha value is -1.57. The second-order valence-corrected chi connectivity index (χ2v) is 14.7. The minimum atomic E-state index is -3.86. The molecule has 2 fully saturated rings. The Morgan fingerprint density at radius 3 is 2.25 bits per heavy atom. The summed E-state index contributed by atoms with van der Waals surface area (Å²) in [5.74, 6) is -0.0957. The van der Waals surface area contributed by atoms with Gasteiger partial charge in [-0.3, -0.25) is 9.59 Å². The molecule has 0 spiro atoms. The molecule has 1 aliphatic heterocycles. The van der Waals surface area contributed by atoms with E-state index in [1.54, 1.807) is 0 Å². The van der Waals surface area contributed by atoms with Crippen molar-refractivity contribution in [2.75, 3.05) is 32.8 Å². The third-order valence-corrected chi connectivity index (χ3v) is 10.3. The van der Waals surface area contributed by atoms with Gasteiger partial charge in [0.25, 0.3) is 10.2 Å². The van der Waals surface area contributed by atoms with Crippen LogP contribution in [0.4, 0.5) is 0 Å². The van der Waals surface area contributed by atoms with Crippen LogP contribution >= 0.6 is 0 Å². The minimum Gasteiger partial charge on any atom is -0.390 e. The molecule has 1 saturated carbocycles. The predicted octanol–water partition coefficient (Wildman–Crippen LogP) is 3.17. The summed E-state index contributed by atoms with van der Waals surface area (Å²) in [4.78, 5) is 25.9. The van der Waals surface area contributed by atoms with E-state index in [0.29, 0.717) is 12.8 Å². The van der Waals surface area contributed by atoms with Gasteiger partial charge in [0.15, 0.2) is 0 Å². The van der Waals surface area contributed by atoms with Crippen LogP contribution in [0.1, 0.15) is 110 Å². The highest BCUT2D eigenvalue weighted by molar-refractivity contribution is 7.87. The zero-order chi connectivity index (χ0) is 32.4. The number of aliphatic hydroxyl groups excluding tert-OH is 2. The number of rotatable bonds is 22. The lowest BCUT2D eigenvalue weighted by Crippen LogP contribution is -2.56. The first kappa shape index (κ1) is 38.6. The normalized spacial score (nSPS) is 19.7. The first-order chi connectivity index (χ1) is 21.0. The standard InChI is InChI=1S/C32H60N4O7S/c1-4-14-28(34-30(38)24-33-44(41,42)36-19-21-43-22-20-36)32(40)35-27(31(39)29(37)23-25(2)3)18-13-8-6-5-7-10-15-26-16-11-9-12-17-26/h4,25-29,31,33,37,39H,1,5-24H2,2-3H3,(H,34,38)(H,35,40)/t27-,28?,29-,31+/m0/s1. The van der Waals surface area contributed by atoms with Crippen molar-refractivity contribution in [3.63, 3.8) is 0 Å². The number of carbonyl (C=O) groups excluding carboxylic acids is 2. The Bertz CT molecular complexity index is 937. The third kappa shape index (κ3) is 15.1. The summed E-state index contributed by atoms with van der Waals surface area (Å²) in [6, 6.07) is -1.69. The number of nitrogens with one attached hydrogen (secondary N) is 3. The molecule has 0 aromatic heterocycles. The molecule has 1 heterocycles. The van der Waals surface area contributed by atoms with Crippen LogP contribution in [-0.4, -0.2) is 91.9 Å². The van der Waals surface area contributed by atoms with Gasteiger partial charge in [-0.25, -0.2) is 0 Å². The molecule has 1 aliphatic carbocycles. The fourth-order valence-corrected chi connectivity index (χ4v) is 7.29. The average molecular weight is 645 g/mol. The minimum absolute atomic E-state index is 0.117. The van der Waals surface area contributed by atoms with Crippen molar-refractivity contribution in [1.29, 1.82) is 0 Å². The number of amides is 2. The lowest BCUT2D eigenvalue weighted by Gasteiger charge is -2.30. The van der Waals surface area contributed by atoms with Crippen molar-refractivity contribution >= 4 is 22.0 Å². The lowest BCUT2D eigenvalue weighted by atomic mass is 9.85. The SMILES string of the molecule is C=CCC(NC(=O)CNS(=O)(=O)N1CCOCC1)C(=O)N[C@@H](CCCCCCCCC1CCCCC1)[C@@H](O)[C@@H](O)CC(C)C. The molecule has 11 nitrogen and oxygen atoms in total. The number of morpholine rings is 1. The Kier molecular flexibility index (Phi) is 18.7. The Morgan fingerprint density at radius 1 is 0.977 bits per heavy atom. The maximum atomic E-state index is 13.3. The Balaban J connectivity index is 1.85. The van der Waals surface area contributed by atoms with E-state index in [1.807, 2.05) is 13.8 Å². The van der Waals surface area contributed by atoms with Gasteiger partial charge in [0, 0.05) is 13.1 Å². The number of hydrogen-bond acceptors (Lipinski definition) is 7. The summed E-state index contributed by atoms with van der Waals surface area (Å²) < 4.78 is 33.7. The van der Waals surface area contributed by atoms with Crippen LogP contribution in [-0.2, 0) is 24.5 Å². The molecule has 12 heteroatoms. The Morgan fingerprint density at radius 2 is 1.61 bits per heavy atom. The van der Waals surface area contributed by atoms with Gasteiger partial charge >= 0.3 is 0 Å². The number of hydrogen-bond donors (Lipinski definition) is 5. The highest BCUT2D eigenvalue weighted by Gasteiger charge is 2.31. The van der Waals surface area contributed by atoms with Gasteiger partial charge in [0.2, 0.25) is 11.8 Å². The quantitative estimate of drug-likeness (QED) is 0.0895. The molecule has 2 amide bonds. The Labute approximate surface area is 266 Å². The van der Waals surface area contributed by atoms with Crippen molar-refractivity contribution in [1.82, 2.24) is 19.7 Å². The first-order valence-electron chi connectivity index (χ1n) is 16.9. The molecule has 44 heavy (non-hydrogen) atoms. The van der Waals surface area contributed by atoms with Crippen LogP contribution in [0, 0.1) is 11.8 Å². The number of nitrogens with zero attached hydrogens (tertiary/aromatic N) is 1. The van der Waals surface area contributed by atoms with E-state index >= 15 is 0 Å². The van der Waals surface area contributed by atoms with E-state index in [2.05, 4.69) is 21.9 Å². The number of ether oxygens (including phenoxy) is 1. The highest BCUT2D eigenvalue weighted by atomic mass is 32.2. The molecule has 0 aromatic carbocycles. The molecule has 1 saturated heterocycles. The molecule has 2 aliphatic rings. The number of unbranched alkanes of at least 4 members (excludes halogenated alkanes) is 5. The largest absolute Gasteiger partial charge is 0.390 e. The van der Waals surface area contributed by atoms with Crippen LogP contribution in [0.2, 0.25) is 0 Å². The van der Waals surface area contributed by atoms with Gasteiger partial charge in [-0.15, -0.1) is 6.58 Å². The lowest BCUT2D eigenvalue weighted by molar-refractivity contribution is -0.130. The zero-order valence-electron chi connectivity index (χ0n) is 27.2. The van der Waals surface area contributed by atoms with E-state index in [0.717, 1.165) is 25.2 Å². The second-order valence-electron chi connectivity index (χ2n) is 13.0. The summed E-state index contributed by atoms with van der Waals surface area (Å²) in [5.41, 5.74) is 0. The van der Waals surface area contributed by atoms with E-state index in [1.165, 1.54) is 68.2 Å². The zero-order valence-corrected chi connectivity index (χ0v) is 28.0. The summed E-state index contributed by atoms with van der Waals surface area (Å²) in [6.07, 6.45) is 15.2. The van der Waals surface area contributed by atoms with E-state index in [4.69, 9.17) is 4.74 Å². The van der Waals surface area contributed by atoms with Gasteiger partial charge < -0.3 is 25.6 Å². The van der Waals surface area contributed by atoms with Crippen molar-refractivity contribution in [2.24, 2.45) is 11.8 Å². The van der Waals surface area contributed by atoms with Crippen LogP contribution in [0.5, 0.6) is 0 Å². The van der Waals surface area contributed by atoms with Crippen molar-refractivity contribution in [2.45, 2.75) is 134 Å². The van der Waals surface area contributed by atoms with Gasteiger partial charge in [-0.1, -0.05) is 97.0 Å². The second kappa shape index (κ2) is 21.3.